The Hall–Kier alpha value is -6.38. The van der Waals surface area contributed by atoms with Crippen LogP contribution >= 0.6 is 23.2 Å². The van der Waals surface area contributed by atoms with Crippen molar-refractivity contribution >= 4 is 51.7 Å². The zero-order valence-electron chi connectivity index (χ0n) is 32.0. The Bertz CT molecular complexity index is 2970. The predicted octanol–water partition coefficient (Wildman–Crippen LogP) is 5.13. The highest BCUT2D eigenvalue weighted by Crippen LogP contribution is 2.63. The highest BCUT2D eigenvalue weighted by molar-refractivity contribution is 6.32. The number of allylic oxidation sites excluding steroid dienone is 2. The van der Waals surface area contributed by atoms with E-state index >= 15 is 4.79 Å². The highest BCUT2D eigenvalue weighted by atomic mass is 35.5. The molecule has 0 spiro atoms. The first kappa shape index (κ1) is 38.2. The SMILES string of the molecule is COc1cc2nc(CCn3c(=O)n4n(c3=O)[C@@H]3C[C@H]5C(=O)N(c6cccc(Cl)c6)C(=O)[C@@]5(c5ccccc5)[C@@H](c5cc(Cl)ccc5O)C3=CC4)c(=O)n(C)c2cc1OC. The zero-order chi connectivity index (χ0) is 41.5. The molecule has 14 nitrogen and oxygen atoms in total. The van der Waals surface area contributed by atoms with E-state index in [4.69, 9.17) is 32.7 Å². The minimum absolute atomic E-state index is 0.0401. The largest absolute Gasteiger partial charge is 0.508 e. The van der Waals surface area contributed by atoms with Gasteiger partial charge >= 0.3 is 11.4 Å². The third kappa shape index (κ3) is 5.60. The standard InChI is InChI=1S/C43H36Cl2N6O8/c1-47-33-22-36(59-3)35(58-2)21-31(33)46-30(39(47)54)15-16-48-41(56)49-17-14-27-32(51(49)42(48)57)20-29-38(53)50(26-11-7-10-24(44)18-26)40(55)43(29,23-8-5-4-6-9-23)37(27)28-19-25(45)12-13-34(28)52/h4-14,18-19,21-22,29,32,37,52H,15-17,20H2,1-3H3/t29-,32+,37+,43+/m0/s1. The molecule has 4 heterocycles. The summed E-state index contributed by atoms with van der Waals surface area (Å²) in [5, 5.41) is 12.2. The van der Waals surface area contributed by atoms with E-state index in [-0.39, 0.29) is 53.6 Å². The Labute approximate surface area is 345 Å². The van der Waals surface area contributed by atoms with Crippen molar-refractivity contribution in [3.63, 3.8) is 0 Å². The fraction of sp³-hybridized carbons (Fsp3) is 0.256. The molecule has 0 radical (unpaired) electrons. The lowest BCUT2D eigenvalue weighted by Crippen LogP contribution is -2.53. The summed E-state index contributed by atoms with van der Waals surface area (Å²) in [5.74, 6) is -2.48. The summed E-state index contributed by atoms with van der Waals surface area (Å²) in [4.78, 5) is 78.3. The van der Waals surface area contributed by atoms with Crippen LogP contribution in [0.3, 0.4) is 0 Å². The number of carbonyl (C=O) groups is 2. The Morgan fingerprint density at radius 2 is 1.59 bits per heavy atom. The van der Waals surface area contributed by atoms with Crippen LogP contribution in [0.1, 0.15) is 35.2 Å². The van der Waals surface area contributed by atoms with Crippen molar-refractivity contribution in [3.05, 3.63) is 155 Å². The summed E-state index contributed by atoms with van der Waals surface area (Å²) in [6, 6.07) is 22.3. The number of phenolic OH excluding ortho intramolecular Hbond substituents is 1. The molecule has 1 aliphatic carbocycles. The molecule has 4 aromatic carbocycles. The number of ether oxygens (including phenoxy) is 2. The van der Waals surface area contributed by atoms with Gasteiger partial charge < -0.3 is 19.1 Å². The van der Waals surface area contributed by atoms with Gasteiger partial charge in [-0.25, -0.2) is 33.4 Å². The second-order valence-electron chi connectivity index (χ2n) is 14.9. The number of hydrogen-bond acceptors (Lipinski definition) is 9. The number of anilines is 1. The van der Waals surface area contributed by atoms with Crippen molar-refractivity contribution in [2.45, 2.75) is 43.3 Å². The summed E-state index contributed by atoms with van der Waals surface area (Å²) in [5.41, 5.74) is -0.575. The molecule has 3 aliphatic rings. The van der Waals surface area contributed by atoms with Gasteiger partial charge in [0.1, 0.15) is 11.4 Å². The molecule has 9 rings (SSSR count). The number of carbonyl (C=O) groups excluding carboxylic acids is 2. The number of benzene rings is 4. The number of imide groups is 1. The number of hydrogen-bond donors (Lipinski definition) is 1. The van der Waals surface area contributed by atoms with Gasteiger partial charge in [-0.15, -0.1) is 0 Å². The first-order chi connectivity index (χ1) is 28.4. The number of phenols is 1. The fourth-order valence-electron chi connectivity index (χ4n) is 9.44. The molecule has 2 aromatic heterocycles. The minimum Gasteiger partial charge on any atom is -0.508 e. The number of nitrogens with zero attached hydrogens (tertiary/aromatic N) is 6. The zero-order valence-corrected chi connectivity index (χ0v) is 33.5. The summed E-state index contributed by atoms with van der Waals surface area (Å²) < 4.78 is 16.0. The van der Waals surface area contributed by atoms with Crippen LogP contribution in [0.2, 0.25) is 10.0 Å². The summed E-state index contributed by atoms with van der Waals surface area (Å²) in [6.45, 7) is -0.234. The molecular formula is C43H36Cl2N6O8. The van der Waals surface area contributed by atoms with Crippen LogP contribution in [-0.4, -0.2) is 54.6 Å². The molecule has 2 aliphatic heterocycles. The average Bonchev–Trinajstić information content (AvgIpc) is 3.62. The number of halogens is 2. The van der Waals surface area contributed by atoms with E-state index in [0.29, 0.717) is 38.7 Å². The number of rotatable bonds is 8. The van der Waals surface area contributed by atoms with E-state index < -0.39 is 52.0 Å². The second kappa shape index (κ2) is 14.2. The number of aromatic hydroxyl groups is 1. The van der Waals surface area contributed by atoms with Gasteiger partial charge in [-0.1, -0.05) is 65.7 Å². The predicted molar refractivity (Wildman–Crippen MR) is 220 cm³/mol. The van der Waals surface area contributed by atoms with Gasteiger partial charge in [0.25, 0.3) is 5.56 Å². The van der Waals surface area contributed by atoms with Crippen molar-refractivity contribution in [3.8, 4) is 17.2 Å². The third-order valence-electron chi connectivity index (χ3n) is 12.0. The Balaban J connectivity index is 1.19. The van der Waals surface area contributed by atoms with Crippen molar-refractivity contribution in [2.75, 3.05) is 19.1 Å². The fourth-order valence-corrected chi connectivity index (χ4v) is 9.80. The Kier molecular flexibility index (Phi) is 9.16. The van der Waals surface area contributed by atoms with Gasteiger partial charge in [0.2, 0.25) is 11.8 Å². The molecular weight excluding hydrogens is 799 g/mol. The minimum atomic E-state index is -1.62. The molecule has 4 atom stereocenters. The van der Waals surface area contributed by atoms with Gasteiger partial charge in [-0.2, -0.15) is 0 Å². The average molecular weight is 836 g/mol. The third-order valence-corrected chi connectivity index (χ3v) is 12.5. The van der Waals surface area contributed by atoms with E-state index in [1.807, 2.05) is 0 Å². The highest BCUT2D eigenvalue weighted by Gasteiger charge is 2.69. The van der Waals surface area contributed by atoms with E-state index in [2.05, 4.69) is 4.98 Å². The summed E-state index contributed by atoms with van der Waals surface area (Å²) in [6.07, 6.45) is 1.70. The molecule has 2 amide bonds. The molecule has 1 N–H and O–H groups in total. The number of aromatic nitrogens is 5. The Morgan fingerprint density at radius 1 is 0.864 bits per heavy atom. The number of amides is 2. The molecule has 0 unspecified atom stereocenters. The summed E-state index contributed by atoms with van der Waals surface area (Å²) in [7, 11) is 4.58. The molecule has 2 fully saturated rings. The van der Waals surface area contributed by atoms with Crippen LogP contribution in [0, 0.1) is 5.92 Å². The quantitative estimate of drug-likeness (QED) is 0.162. The molecule has 6 aromatic rings. The molecule has 59 heavy (non-hydrogen) atoms. The van der Waals surface area contributed by atoms with Crippen LogP contribution in [0.4, 0.5) is 5.69 Å². The van der Waals surface area contributed by atoms with Gasteiger partial charge in [-0.3, -0.25) is 14.4 Å². The van der Waals surface area contributed by atoms with Crippen molar-refractivity contribution in [2.24, 2.45) is 13.0 Å². The lowest BCUT2D eigenvalue weighted by atomic mass is 9.53. The van der Waals surface area contributed by atoms with Crippen molar-refractivity contribution < 1.29 is 24.2 Å². The van der Waals surface area contributed by atoms with Crippen LogP contribution in [-0.2, 0) is 41.6 Å². The Morgan fingerprint density at radius 3 is 2.32 bits per heavy atom. The normalized spacial score (nSPS) is 20.9. The first-order valence-electron chi connectivity index (χ1n) is 18.8. The maximum atomic E-state index is 15.4. The molecule has 1 saturated heterocycles. The van der Waals surface area contributed by atoms with E-state index in [9.17, 15) is 24.3 Å². The van der Waals surface area contributed by atoms with E-state index in [1.165, 1.54) is 40.3 Å². The second-order valence-corrected chi connectivity index (χ2v) is 15.7. The van der Waals surface area contributed by atoms with Gasteiger partial charge in [0.15, 0.2) is 11.5 Å². The number of aryl methyl sites for hydroxylation is 2. The van der Waals surface area contributed by atoms with Crippen LogP contribution in [0.25, 0.3) is 11.0 Å². The molecule has 0 bridgehead atoms. The van der Waals surface area contributed by atoms with Crippen LogP contribution in [0.5, 0.6) is 17.2 Å². The summed E-state index contributed by atoms with van der Waals surface area (Å²) >= 11 is 13.0. The lowest BCUT2D eigenvalue weighted by molar-refractivity contribution is -0.124. The lowest BCUT2D eigenvalue weighted by Gasteiger charge is -2.49. The van der Waals surface area contributed by atoms with Crippen LogP contribution in [0.15, 0.2) is 111 Å². The first-order valence-corrected chi connectivity index (χ1v) is 19.6. The van der Waals surface area contributed by atoms with E-state index in [0.717, 1.165) is 9.47 Å². The molecule has 16 heteroatoms. The molecule has 300 valence electrons. The van der Waals surface area contributed by atoms with Crippen LogP contribution < -0.4 is 31.3 Å². The topological polar surface area (TPSA) is 160 Å². The number of methoxy groups -OCH3 is 2. The number of fused-ring (bicyclic) bond motifs is 5. The smallest absolute Gasteiger partial charge is 0.347 e. The maximum Gasteiger partial charge on any atom is 0.347 e. The van der Waals surface area contributed by atoms with Gasteiger partial charge in [-0.05, 0) is 54.0 Å². The molecule has 1 saturated carbocycles. The monoisotopic (exact) mass is 834 g/mol. The van der Waals surface area contributed by atoms with E-state index in [1.54, 1.807) is 85.9 Å². The van der Waals surface area contributed by atoms with Crippen molar-refractivity contribution in [1.29, 1.82) is 0 Å². The maximum absolute atomic E-state index is 15.4. The van der Waals surface area contributed by atoms with Gasteiger partial charge in [0.05, 0.1) is 54.9 Å². The van der Waals surface area contributed by atoms with Crippen molar-refractivity contribution in [1.82, 2.24) is 23.5 Å². The van der Waals surface area contributed by atoms with Gasteiger partial charge in [0, 0.05) is 53.7 Å².